The lowest BCUT2D eigenvalue weighted by molar-refractivity contribution is 0.0271. The summed E-state index contributed by atoms with van der Waals surface area (Å²) >= 11 is 7.31. The molecule has 0 aliphatic carbocycles. The van der Waals surface area contributed by atoms with Crippen molar-refractivity contribution in [2.45, 2.75) is 13.0 Å². The number of benzene rings is 1. The van der Waals surface area contributed by atoms with E-state index >= 15 is 0 Å². The van der Waals surface area contributed by atoms with Crippen molar-refractivity contribution in [2.75, 3.05) is 0 Å². The van der Waals surface area contributed by atoms with Gasteiger partial charge in [-0.25, -0.2) is 9.18 Å². The molecule has 0 N–H and O–H groups in total. The number of nitrogens with zero attached hydrogens (tertiary/aromatic N) is 3. The van der Waals surface area contributed by atoms with Crippen LogP contribution in [0.4, 0.5) is 4.39 Å². The monoisotopic (exact) mass is 403 g/mol. The van der Waals surface area contributed by atoms with Crippen molar-refractivity contribution in [3.63, 3.8) is 0 Å². The predicted octanol–water partition coefficient (Wildman–Crippen LogP) is 5.06. The van der Waals surface area contributed by atoms with Crippen LogP contribution in [0, 0.1) is 5.82 Å². The maximum absolute atomic E-state index is 13.4. The van der Waals surface area contributed by atoms with Crippen molar-refractivity contribution in [1.29, 1.82) is 0 Å². The number of aromatic nitrogens is 3. The van der Waals surface area contributed by atoms with Crippen LogP contribution in [0.5, 0.6) is 0 Å². The highest BCUT2D eigenvalue weighted by Crippen LogP contribution is 2.37. The highest BCUT2D eigenvalue weighted by atomic mass is 35.5. The molecule has 0 amide bonds. The van der Waals surface area contributed by atoms with Gasteiger partial charge in [-0.05, 0) is 37.3 Å². The lowest BCUT2D eigenvalue weighted by atomic mass is 10.2. The molecule has 0 aliphatic heterocycles. The van der Waals surface area contributed by atoms with Crippen molar-refractivity contribution >= 4 is 39.0 Å². The van der Waals surface area contributed by atoms with Gasteiger partial charge in [-0.1, -0.05) is 16.8 Å². The summed E-state index contributed by atoms with van der Waals surface area (Å²) in [4.78, 5) is 20.9. The smallest absolute Gasteiger partial charge is 0.350 e. The fourth-order valence-corrected chi connectivity index (χ4v) is 3.86. The molecule has 27 heavy (non-hydrogen) atoms. The average molecular weight is 404 g/mol. The molecule has 0 aliphatic rings. The van der Waals surface area contributed by atoms with Crippen molar-refractivity contribution in [3.05, 3.63) is 64.3 Å². The molecule has 1 aromatic carbocycles. The number of esters is 1. The van der Waals surface area contributed by atoms with Crippen molar-refractivity contribution < 1.29 is 18.4 Å². The van der Waals surface area contributed by atoms with Gasteiger partial charge in [-0.15, -0.1) is 11.3 Å². The molecule has 4 aromatic rings. The van der Waals surface area contributed by atoms with Crippen LogP contribution < -0.4 is 0 Å². The lowest BCUT2D eigenvalue weighted by Gasteiger charge is -2.08. The molecule has 3 aromatic heterocycles. The molecule has 0 spiro atoms. The van der Waals surface area contributed by atoms with Gasteiger partial charge in [0.1, 0.15) is 10.7 Å². The Morgan fingerprint density at radius 3 is 3.00 bits per heavy atom. The van der Waals surface area contributed by atoms with Gasteiger partial charge in [-0.2, -0.15) is 4.98 Å². The van der Waals surface area contributed by atoms with E-state index < -0.39 is 17.9 Å². The van der Waals surface area contributed by atoms with E-state index in [1.807, 2.05) is 0 Å². The summed E-state index contributed by atoms with van der Waals surface area (Å²) in [5.74, 6) is -0.556. The Kier molecular flexibility index (Phi) is 4.59. The molecule has 9 heteroatoms. The second-order valence-corrected chi connectivity index (χ2v) is 7.06. The number of hydrogen-bond donors (Lipinski definition) is 0. The summed E-state index contributed by atoms with van der Waals surface area (Å²) in [7, 11) is 0. The van der Waals surface area contributed by atoms with Crippen LogP contribution in [-0.2, 0) is 4.74 Å². The number of pyridine rings is 1. The molecule has 0 radical (unpaired) electrons. The van der Waals surface area contributed by atoms with Crippen LogP contribution in [0.15, 0.2) is 47.2 Å². The summed E-state index contributed by atoms with van der Waals surface area (Å²) in [6.45, 7) is 1.61. The van der Waals surface area contributed by atoms with Gasteiger partial charge in [0.2, 0.25) is 5.82 Å². The first-order chi connectivity index (χ1) is 13.0. The fraction of sp³-hybridized carbons (Fsp3) is 0.111. The molecular weight excluding hydrogens is 393 g/mol. The Balaban J connectivity index is 1.55. The number of fused-ring (bicyclic) bond motifs is 1. The number of hydrogen-bond acceptors (Lipinski definition) is 7. The molecule has 0 bridgehead atoms. The van der Waals surface area contributed by atoms with Gasteiger partial charge in [0.05, 0.1) is 5.02 Å². The minimum absolute atomic E-state index is 0.144. The summed E-state index contributed by atoms with van der Waals surface area (Å²) in [6.07, 6.45) is 2.45. The van der Waals surface area contributed by atoms with E-state index in [2.05, 4.69) is 15.1 Å². The first kappa shape index (κ1) is 17.6. The second-order valence-electron chi connectivity index (χ2n) is 5.63. The number of carbonyl (C=O) groups is 1. The molecule has 1 unspecified atom stereocenters. The second kappa shape index (κ2) is 7.05. The third-order valence-electron chi connectivity index (χ3n) is 3.77. The van der Waals surface area contributed by atoms with Crippen molar-refractivity contribution in [2.24, 2.45) is 0 Å². The van der Waals surface area contributed by atoms with Gasteiger partial charge in [0, 0.05) is 28.0 Å². The average Bonchev–Trinajstić information content (AvgIpc) is 3.28. The molecule has 0 fully saturated rings. The van der Waals surface area contributed by atoms with E-state index in [0.29, 0.717) is 21.5 Å². The SMILES string of the molecule is CC(OC(=O)c1sc2cc(F)ccc2c1Cl)c1nc(-c2cccnc2)no1. The summed E-state index contributed by atoms with van der Waals surface area (Å²) in [6, 6.07) is 7.68. The Labute approximate surface area is 161 Å². The van der Waals surface area contributed by atoms with E-state index in [-0.39, 0.29) is 15.8 Å². The number of halogens is 2. The fourth-order valence-electron chi connectivity index (χ4n) is 2.45. The van der Waals surface area contributed by atoms with Crippen LogP contribution in [0.3, 0.4) is 0 Å². The number of thiophene rings is 1. The largest absolute Gasteiger partial charge is 0.448 e. The first-order valence-corrected chi connectivity index (χ1v) is 9.05. The number of ether oxygens (including phenoxy) is 1. The summed E-state index contributed by atoms with van der Waals surface area (Å²) in [5.41, 5.74) is 0.681. The minimum atomic E-state index is -0.784. The lowest BCUT2D eigenvalue weighted by Crippen LogP contribution is -2.08. The Hall–Kier alpha value is -2.84. The molecular formula is C18H11ClFN3O3S. The molecule has 3 heterocycles. The number of carbonyl (C=O) groups excluding carboxylic acids is 1. The summed E-state index contributed by atoms with van der Waals surface area (Å²) < 4.78 is 24.5. The zero-order valence-corrected chi connectivity index (χ0v) is 15.4. The quantitative estimate of drug-likeness (QED) is 0.443. The highest BCUT2D eigenvalue weighted by Gasteiger charge is 2.24. The molecule has 4 rings (SSSR count). The van der Waals surface area contributed by atoms with Crippen molar-refractivity contribution in [1.82, 2.24) is 15.1 Å². The third-order valence-corrected chi connectivity index (χ3v) is 5.41. The van der Waals surface area contributed by atoms with E-state index in [4.69, 9.17) is 20.9 Å². The van der Waals surface area contributed by atoms with E-state index in [1.54, 1.807) is 31.5 Å². The van der Waals surface area contributed by atoms with Gasteiger partial charge >= 0.3 is 5.97 Å². The molecule has 1 atom stereocenters. The molecule has 0 saturated carbocycles. The van der Waals surface area contributed by atoms with Gasteiger partial charge in [0.25, 0.3) is 5.89 Å². The van der Waals surface area contributed by atoms with Crippen LogP contribution in [0.2, 0.25) is 5.02 Å². The van der Waals surface area contributed by atoms with Crippen LogP contribution >= 0.6 is 22.9 Å². The van der Waals surface area contributed by atoms with Gasteiger partial charge < -0.3 is 9.26 Å². The summed E-state index contributed by atoms with van der Waals surface area (Å²) in [5, 5.41) is 4.69. The topological polar surface area (TPSA) is 78.1 Å². The normalized spacial score (nSPS) is 12.3. The van der Waals surface area contributed by atoms with E-state index in [9.17, 15) is 9.18 Å². The first-order valence-electron chi connectivity index (χ1n) is 7.85. The number of rotatable bonds is 4. The van der Waals surface area contributed by atoms with Crippen molar-refractivity contribution in [3.8, 4) is 11.4 Å². The maximum Gasteiger partial charge on any atom is 0.350 e. The Bertz CT molecular complexity index is 1130. The highest BCUT2D eigenvalue weighted by molar-refractivity contribution is 7.21. The zero-order valence-electron chi connectivity index (χ0n) is 13.8. The Morgan fingerprint density at radius 2 is 2.22 bits per heavy atom. The van der Waals surface area contributed by atoms with E-state index in [0.717, 1.165) is 11.3 Å². The van der Waals surface area contributed by atoms with Crippen LogP contribution in [-0.4, -0.2) is 21.1 Å². The molecule has 6 nitrogen and oxygen atoms in total. The molecule has 0 saturated heterocycles. The van der Waals surface area contributed by atoms with E-state index in [1.165, 1.54) is 18.2 Å². The minimum Gasteiger partial charge on any atom is -0.448 e. The molecule has 136 valence electrons. The van der Waals surface area contributed by atoms with Gasteiger partial charge in [-0.3, -0.25) is 4.98 Å². The standard InChI is InChI=1S/C18H11ClFN3O3S/c1-9(17-22-16(23-26-17)10-3-2-6-21-8-10)25-18(24)15-14(19)12-5-4-11(20)7-13(12)27-15/h2-9H,1H3. The third kappa shape index (κ3) is 3.41. The van der Waals surface area contributed by atoms with Crippen LogP contribution in [0.1, 0.15) is 28.6 Å². The maximum atomic E-state index is 13.4. The zero-order chi connectivity index (χ0) is 19.0. The predicted molar refractivity (Wildman–Crippen MR) is 98.2 cm³/mol. The Morgan fingerprint density at radius 1 is 1.37 bits per heavy atom. The van der Waals surface area contributed by atoms with Gasteiger partial charge in [0.15, 0.2) is 6.10 Å². The van der Waals surface area contributed by atoms with Crippen LogP contribution in [0.25, 0.3) is 21.5 Å².